The quantitative estimate of drug-likeness (QED) is 0.515. The van der Waals surface area contributed by atoms with Gasteiger partial charge in [0, 0.05) is 17.6 Å². The zero-order valence-corrected chi connectivity index (χ0v) is 16.6. The third-order valence-electron chi connectivity index (χ3n) is 5.18. The zero-order chi connectivity index (χ0) is 20.0. The molecule has 0 saturated heterocycles. The van der Waals surface area contributed by atoms with E-state index in [1.165, 1.54) is 5.56 Å². The number of hydrogen-bond acceptors (Lipinski definition) is 3. The molecule has 1 unspecified atom stereocenters. The van der Waals surface area contributed by atoms with Gasteiger partial charge in [0.2, 0.25) is 0 Å². The van der Waals surface area contributed by atoms with E-state index in [9.17, 15) is 4.79 Å². The van der Waals surface area contributed by atoms with E-state index in [1.54, 1.807) is 12.1 Å². The first kappa shape index (κ1) is 20.2. The first-order valence-electron chi connectivity index (χ1n) is 9.88. The van der Waals surface area contributed by atoms with Crippen LogP contribution in [0.3, 0.4) is 0 Å². The average molecular weight is 380 g/mol. The summed E-state index contributed by atoms with van der Waals surface area (Å²) in [6.45, 7) is 6.60. The Kier molecular flexibility index (Phi) is 6.53. The van der Waals surface area contributed by atoms with Crippen LogP contribution in [0.4, 0.5) is 0 Å². The molecule has 1 aliphatic heterocycles. The third kappa shape index (κ3) is 4.82. The van der Waals surface area contributed by atoms with E-state index in [2.05, 4.69) is 32.0 Å². The summed E-state index contributed by atoms with van der Waals surface area (Å²) in [6.07, 6.45) is 7.09. The Hall–Kier alpha value is -2.59. The number of rotatable bonds is 7. The fourth-order valence-corrected chi connectivity index (χ4v) is 3.56. The van der Waals surface area contributed by atoms with Crippen molar-refractivity contribution < 1.29 is 19.4 Å². The monoisotopic (exact) mass is 380 g/mol. The second kappa shape index (κ2) is 9.07. The standard InChI is InChI=1S/C24H28O4/c1-3-14-27-17-24(2)13-4-15-28-22-16-19(9-12-21(22)24)6-5-18-7-10-20(11-8-18)23(25)26/h5-12,16H,3-4,13-15,17H2,1-2H3,(H,25,26). The van der Waals surface area contributed by atoms with Crippen LogP contribution in [0.2, 0.25) is 0 Å². The second-order valence-electron chi connectivity index (χ2n) is 7.58. The summed E-state index contributed by atoms with van der Waals surface area (Å²) in [5.41, 5.74) is 3.48. The molecule has 2 aromatic rings. The molecule has 1 N–H and O–H groups in total. The van der Waals surface area contributed by atoms with E-state index in [4.69, 9.17) is 14.6 Å². The number of aromatic carboxylic acids is 1. The van der Waals surface area contributed by atoms with Gasteiger partial charge in [-0.15, -0.1) is 0 Å². The van der Waals surface area contributed by atoms with Crippen molar-refractivity contribution in [2.24, 2.45) is 0 Å². The van der Waals surface area contributed by atoms with Crippen LogP contribution in [0.1, 0.15) is 60.2 Å². The van der Waals surface area contributed by atoms with Crippen molar-refractivity contribution in [2.45, 2.75) is 38.5 Å². The van der Waals surface area contributed by atoms with E-state index in [0.29, 0.717) is 12.2 Å². The van der Waals surface area contributed by atoms with Crippen LogP contribution in [0, 0.1) is 0 Å². The zero-order valence-electron chi connectivity index (χ0n) is 16.6. The van der Waals surface area contributed by atoms with Gasteiger partial charge in [0.25, 0.3) is 0 Å². The molecule has 4 heteroatoms. The first-order valence-corrected chi connectivity index (χ1v) is 9.88. The fourth-order valence-electron chi connectivity index (χ4n) is 3.56. The second-order valence-corrected chi connectivity index (χ2v) is 7.58. The minimum atomic E-state index is -0.913. The smallest absolute Gasteiger partial charge is 0.335 e. The molecule has 1 aliphatic rings. The summed E-state index contributed by atoms with van der Waals surface area (Å²) >= 11 is 0. The van der Waals surface area contributed by atoms with Gasteiger partial charge in [-0.2, -0.15) is 0 Å². The Morgan fingerprint density at radius 2 is 1.89 bits per heavy atom. The molecule has 4 nitrogen and oxygen atoms in total. The summed E-state index contributed by atoms with van der Waals surface area (Å²) in [5, 5.41) is 8.99. The van der Waals surface area contributed by atoms with Gasteiger partial charge in [0.05, 0.1) is 18.8 Å². The van der Waals surface area contributed by atoms with Gasteiger partial charge in [0.15, 0.2) is 0 Å². The maximum atomic E-state index is 11.0. The Bertz CT molecular complexity index is 838. The van der Waals surface area contributed by atoms with Gasteiger partial charge in [-0.3, -0.25) is 0 Å². The van der Waals surface area contributed by atoms with E-state index < -0.39 is 5.97 Å². The van der Waals surface area contributed by atoms with E-state index in [-0.39, 0.29) is 5.41 Å². The summed E-state index contributed by atoms with van der Waals surface area (Å²) in [7, 11) is 0. The SMILES string of the molecule is CCCOCC1(C)CCCOc2cc(C=Cc3ccc(C(=O)O)cc3)ccc21. The highest BCUT2D eigenvalue weighted by atomic mass is 16.5. The molecule has 0 spiro atoms. The molecule has 0 aromatic heterocycles. The van der Waals surface area contributed by atoms with Crippen molar-refractivity contribution in [1.29, 1.82) is 0 Å². The van der Waals surface area contributed by atoms with Crippen LogP contribution < -0.4 is 4.74 Å². The number of hydrogen-bond donors (Lipinski definition) is 1. The highest BCUT2D eigenvalue weighted by molar-refractivity contribution is 5.88. The minimum Gasteiger partial charge on any atom is -0.493 e. The summed E-state index contributed by atoms with van der Waals surface area (Å²) in [4.78, 5) is 11.0. The van der Waals surface area contributed by atoms with Crippen LogP contribution in [-0.4, -0.2) is 30.9 Å². The normalized spacial score (nSPS) is 19.1. The van der Waals surface area contributed by atoms with Gasteiger partial charge in [-0.05, 0) is 48.6 Å². The maximum Gasteiger partial charge on any atom is 0.335 e. The molecule has 1 atom stereocenters. The molecule has 148 valence electrons. The first-order chi connectivity index (χ1) is 13.5. The summed E-state index contributed by atoms with van der Waals surface area (Å²) in [6, 6.07) is 13.2. The lowest BCUT2D eigenvalue weighted by Gasteiger charge is -2.29. The number of benzene rings is 2. The molecular weight excluding hydrogens is 352 g/mol. The molecule has 0 fully saturated rings. The van der Waals surface area contributed by atoms with Gasteiger partial charge in [-0.25, -0.2) is 4.79 Å². The third-order valence-corrected chi connectivity index (χ3v) is 5.18. The van der Waals surface area contributed by atoms with Gasteiger partial charge >= 0.3 is 5.97 Å². The van der Waals surface area contributed by atoms with Crippen molar-refractivity contribution >= 4 is 18.1 Å². The Balaban J connectivity index is 1.79. The van der Waals surface area contributed by atoms with Crippen LogP contribution in [0.25, 0.3) is 12.2 Å². The van der Waals surface area contributed by atoms with Crippen LogP contribution in [-0.2, 0) is 10.2 Å². The highest BCUT2D eigenvalue weighted by Gasteiger charge is 2.32. The predicted molar refractivity (Wildman–Crippen MR) is 112 cm³/mol. The van der Waals surface area contributed by atoms with Gasteiger partial charge < -0.3 is 14.6 Å². The maximum absolute atomic E-state index is 11.0. The Morgan fingerprint density at radius 3 is 2.61 bits per heavy atom. The molecule has 0 saturated carbocycles. The number of fused-ring (bicyclic) bond motifs is 1. The number of ether oxygens (including phenoxy) is 2. The predicted octanol–water partition coefficient (Wildman–Crippen LogP) is 5.41. The average Bonchev–Trinajstić information content (AvgIpc) is 2.86. The van der Waals surface area contributed by atoms with E-state index in [0.717, 1.165) is 49.4 Å². The van der Waals surface area contributed by atoms with Crippen molar-refractivity contribution in [3.8, 4) is 5.75 Å². The van der Waals surface area contributed by atoms with Crippen LogP contribution >= 0.6 is 0 Å². The lowest BCUT2D eigenvalue weighted by molar-refractivity contribution is 0.0697. The molecule has 0 radical (unpaired) electrons. The van der Waals surface area contributed by atoms with E-state index >= 15 is 0 Å². The lowest BCUT2D eigenvalue weighted by atomic mass is 9.79. The van der Waals surface area contributed by atoms with Crippen molar-refractivity contribution in [3.05, 3.63) is 64.7 Å². The Morgan fingerprint density at radius 1 is 1.18 bits per heavy atom. The van der Waals surface area contributed by atoms with Crippen LogP contribution in [0.5, 0.6) is 5.75 Å². The topological polar surface area (TPSA) is 55.8 Å². The van der Waals surface area contributed by atoms with Crippen molar-refractivity contribution in [2.75, 3.05) is 19.8 Å². The largest absolute Gasteiger partial charge is 0.493 e. The summed E-state index contributed by atoms with van der Waals surface area (Å²) < 4.78 is 11.9. The molecule has 28 heavy (non-hydrogen) atoms. The molecule has 0 amide bonds. The van der Waals surface area contributed by atoms with Gasteiger partial charge in [0.1, 0.15) is 5.75 Å². The molecule has 0 aliphatic carbocycles. The molecule has 0 bridgehead atoms. The molecule has 3 rings (SSSR count). The molecule has 1 heterocycles. The highest BCUT2D eigenvalue weighted by Crippen LogP contribution is 2.39. The minimum absolute atomic E-state index is 0.0318. The number of carboxylic acids is 1. The molecule has 2 aromatic carbocycles. The van der Waals surface area contributed by atoms with Crippen molar-refractivity contribution in [1.82, 2.24) is 0 Å². The van der Waals surface area contributed by atoms with Crippen LogP contribution in [0.15, 0.2) is 42.5 Å². The molecular formula is C24H28O4. The number of carboxylic acid groups (broad SMARTS) is 1. The van der Waals surface area contributed by atoms with Crippen molar-refractivity contribution in [3.63, 3.8) is 0 Å². The van der Waals surface area contributed by atoms with E-state index in [1.807, 2.05) is 24.3 Å². The Labute approximate surface area is 166 Å². The fraction of sp³-hybridized carbons (Fsp3) is 0.375. The van der Waals surface area contributed by atoms with Gasteiger partial charge in [-0.1, -0.05) is 50.3 Å². The lowest BCUT2D eigenvalue weighted by Crippen LogP contribution is -2.28. The number of carbonyl (C=O) groups is 1. The summed E-state index contributed by atoms with van der Waals surface area (Å²) in [5.74, 6) is 0.0212.